The Kier molecular flexibility index (Phi) is 6.66. The molecule has 0 heterocycles. The minimum atomic E-state index is -2.73. The number of anilines is 1. The Morgan fingerprint density at radius 2 is 1.64 bits per heavy atom. The fraction of sp³-hybridized carbons (Fsp3) is 0.333. The van der Waals surface area contributed by atoms with Crippen molar-refractivity contribution in [2.75, 3.05) is 33.1 Å². The number of phenols is 1. The fourth-order valence-corrected chi connectivity index (χ4v) is 6.71. The predicted octanol–water partition coefficient (Wildman–Crippen LogP) is 1.55. The summed E-state index contributed by atoms with van der Waals surface area (Å²) in [6.07, 6.45) is 0.131. The van der Waals surface area contributed by atoms with Gasteiger partial charge in [0.1, 0.15) is 22.8 Å². The average molecular weight is 578 g/mol. The van der Waals surface area contributed by atoms with Gasteiger partial charge in [-0.2, -0.15) is 0 Å². The van der Waals surface area contributed by atoms with Crippen molar-refractivity contribution in [3.63, 3.8) is 0 Å². The van der Waals surface area contributed by atoms with Gasteiger partial charge in [-0.05, 0) is 62.2 Å². The maximum atomic E-state index is 14.1. The second kappa shape index (κ2) is 9.71. The molecular weight excluding hydrogens is 546 g/mol. The van der Waals surface area contributed by atoms with E-state index in [1.807, 2.05) is 0 Å². The number of hydrogen-bond donors (Lipinski definition) is 6. The lowest BCUT2D eigenvalue weighted by Gasteiger charge is -2.50. The number of carbonyl (C=O) groups is 4. The molecule has 0 radical (unpaired) electrons. The Morgan fingerprint density at radius 1 is 1.02 bits per heavy atom. The number of benzene rings is 2. The number of carboxylic acids is 1. The van der Waals surface area contributed by atoms with E-state index < -0.39 is 69.8 Å². The first-order valence-electron chi connectivity index (χ1n) is 13.2. The Morgan fingerprint density at radius 3 is 2.17 bits per heavy atom. The third kappa shape index (κ3) is 3.90. The van der Waals surface area contributed by atoms with Crippen LogP contribution in [0.15, 0.2) is 53.0 Å². The Balaban J connectivity index is 1.73. The number of nitrogens with two attached hydrogens (primary N) is 1. The van der Waals surface area contributed by atoms with E-state index in [1.165, 1.54) is 29.2 Å². The van der Waals surface area contributed by atoms with Gasteiger partial charge in [0.25, 0.3) is 5.91 Å². The molecule has 0 saturated heterocycles. The summed E-state index contributed by atoms with van der Waals surface area (Å²) < 4.78 is 0. The number of rotatable bonds is 5. The van der Waals surface area contributed by atoms with E-state index in [1.54, 1.807) is 39.2 Å². The molecule has 3 aliphatic carbocycles. The van der Waals surface area contributed by atoms with Crippen molar-refractivity contribution in [2.45, 2.75) is 24.5 Å². The van der Waals surface area contributed by atoms with Gasteiger partial charge >= 0.3 is 5.97 Å². The van der Waals surface area contributed by atoms with Crippen LogP contribution in [0.2, 0.25) is 0 Å². The number of aliphatic hydroxyl groups excluding tert-OH is 2. The number of Topliss-reactive ketones (excluding diaryl/α,β-unsaturated/α-hetero) is 2. The van der Waals surface area contributed by atoms with Crippen LogP contribution in [0.5, 0.6) is 5.75 Å². The van der Waals surface area contributed by atoms with Crippen molar-refractivity contribution >= 4 is 29.1 Å². The van der Waals surface area contributed by atoms with Crippen LogP contribution in [-0.2, 0) is 16.0 Å². The zero-order valence-corrected chi connectivity index (χ0v) is 23.4. The maximum Gasteiger partial charge on any atom is 0.335 e. The lowest BCUT2D eigenvalue weighted by atomic mass is 9.58. The molecule has 1 amide bonds. The number of carbonyl (C=O) groups excluding carboxylic acids is 3. The van der Waals surface area contributed by atoms with E-state index in [2.05, 4.69) is 0 Å². The molecule has 0 bridgehead atoms. The Bertz CT molecular complexity index is 1640. The fourth-order valence-electron chi connectivity index (χ4n) is 6.71. The zero-order valence-electron chi connectivity index (χ0n) is 23.4. The third-order valence-corrected chi connectivity index (χ3v) is 8.62. The first kappa shape index (κ1) is 28.8. The molecule has 0 aromatic heterocycles. The average Bonchev–Trinajstić information content (AvgIpc) is 2.90. The molecule has 0 spiro atoms. The predicted molar refractivity (Wildman–Crippen MR) is 150 cm³/mol. The van der Waals surface area contributed by atoms with Gasteiger partial charge in [-0.25, -0.2) is 4.79 Å². The van der Waals surface area contributed by atoms with Crippen molar-refractivity contribution in [1.29, 1.82) is 0 Å². The van der Waals surface area contributed by atoms with E-state index in [-0.39, 0.29) is 35.1 Å². The number of allylic oxidation sites excluding steroid dienone is 1. The molecule has 220 valence electrons. The number of fused-ring (bicyclic) bond motifs is 3. The molecule has 4 atom stereocenters. The van der Waals surface area contributed by atoms with Crippen molar-refractivity contribution in [1.82, 2.24) is 4.90 Å². The van der Waals surface area contributed by atoms with Crippen molar-refractivity contribution in [3.8, 4) is 16.9 Å². The largest absolute Gasteiger partial charge is 0.510 e. The SMILES string of the molecule is CN(C)c1cc(-c2ccc(C(=O)O)cc2)c(O)c2c1CC1CC3C(N(C)C)C(O)=C(C(N)=O)C(=O)C3(O)C(O)=C1C2=O. The number of carboxylic acid groups (broad SMARTS) is 1. The number of amides is 1. The highest BCUT2D eigenvalue weighted by molar-refractivity contribution is 6.25. The third-order valence-electron chi connectivity index (χ3n) is 8.62. The van der Waals surface area contributed by atoms with E-state index in [0.29, 0.717) is 16.8 Å². The van der Waals surface area contributed by atoms with Crippen LogP contribution < -0.4 is 10.6 Å². The minimum Gasteiger partial charge on any atom is -0.510 e. The summed E-state index contributed by atoms with van der Waals surface area (Å²) in [6, 6.07) is 6.34. The molecule has 42 heavy (non-hydrogen) atoms. The first-order valence-corrected chi connectivity index (χ1v) is 13.2. The van der Waals surface area contributed by atoms with Gasteiger partial charge in [0.2, 0.25) is 5.78 Å². The molecule has 2 aromatic rings. The first-order chi connectivity index (χ1) is 19.6. The second-order valence-corrected chi connectivity index (χ2v) is 11.4. The van der Waals surface area contributed by atoms with Crippen LogP contribution in [0.3, 0.4) is 0 Å². The summed E-state index contributed by atoms with van der Waals surface area (Å²) in [5.41, 5.74) is 3.19. The van der Waals surface area contributed by atoms with Gasteiger partial charge in [-0.3, -0.25) is 19.3 Å². The molecule has 12 heteroatoms. The molecule has 0 fully saturated rings. The number of primary amides is 1. The van der Waals surface area contributed by atoms with Crippen LogP contribution >= 0.6 is 0 Å². The van der Waals surface area contributed by atoms with E-state index in [0.717, 1.165) is 0 Å². The summed E-state index contributed by atoms with van der Waals surface area (Å²) >= 11 is 0. The molecule has 3 aliphatic rings. The number of hydrogen-bond acceptors (Lipinski definition) is 10. The van der Waals surface area contributed by atoms with Gasteiger partial charge in [0, 0.05) is 36.8 Å². The quantitative estimate of drug-likeness (QED) is 0.282. The smallest absolute Gasteiger partial charge is 0.335 e. The van der Waals surface area contributed by atoms with Crippen LogP contribution in [0, 0.1) is 11.8 Å². The summed E-state index contributed by atoms with van der Waals surface area (Å²) in [6.45, 7) is 0. The molecule has 2 aromatic carbocycles. The highest BCUT2D eigenvalue weighted by Crippen LogP contribution is 2.54. The zero-order chi connectivity index (χ0) is 31.0. The summed E-state index contributed by atoms with van der Waals surface area (Å²) in [5.74, 6) is -8.32. The van der Waals surface area contributed by atoms with Gasteiger partial charge < -0.3 is 36.2 Å². The summed E-state index contributed by atoms with van der Waals surface area (Å²) in [5, 5.41) is 54.9. The highest BCUT2D eigenvalue weighted by Gasteiger charge is 2.63. The Labute approximate surface area is 240 Å². The van der Waals surface area contributed by atoms with Crippen molar-refractivity contribution in [3.05, 3.63) is 69.7 Å². The van der Waals surface area contributed by atoms with Gasteiger partial charge in [0.15, 0.2) is 11.4 Å². The number of likely N-dealkylation sites (N-methyl/N-ethyl adjacent to an activating group) is 1. The lowest BCUT2D eigenvalue weighted by molar-refractivity contribution is -0.148. The molecule has 5 rings (SSSR count). The van der Waals surface area contributed by atoms with Crippen molar-refractivity contribution < 1.29 is 44.7 Å². The number of phenolic OH excluding ortho intramolecular Hbond substituents is 1. The van der Waals surface area contributed by atoms with Crippen molar-refractivity contribution in [2.24, 2.45) is 17.6 Å². The Hall–Kier alpha value is -4.68. The van der Waals surface area contributed by atoms with Crippen LogP contribution in [0.25, 0.3) is 11.1 Å². The highest BCUT2D eigenvalue weighted by atomic mass is 16.4. The molecule has 4 unspecified atom stereocenters. The molecular formula is C30H31N3O9. The number of nitrogens with zero attached hydrogens (tertiary/aromatic N) is 2. The summed E-state index contributed by atoms with van der Waals surface area (Å²) in [7, 11) is 6.65. The molecule has 0 aliphatic heterocycles. The lowest BCUT2D eigenvalue weighted by Crippen LogP contribution is -2.63. The number of aliphatic hydroxyl groups is 3. The second-order valence-electron chi connectivity index (χ2n) is 11.4. The van der Waals surface area contributed by atoms with E-state index in [9.17, 15) is 44.7 Å². The normalized spacial score (nSPS) is 25.2. The monoisotopic (exact) mass is 577 g/mol. The van der Waals surface area contributed by atoms with E-state index >= 15 is 0 Å². The molecule has 12 nitrogen and oxygen atoms in total. The minimum absolute atomic E-state index is 0.0161. The van der Waals surface area contributed by atoms with Crippen LogP contribution in [0.1, 0.15) is 32.7 Å². The molecule has 0 saturated carbocycles. The number of aromatic hydroxyl groups is 1. The van der Waals surface area contributed by atoms with Crippen LogP contribution in [0.4, 0.5) is 5.69 Å². The van der Waals surface area contributed by atoms with Gasteiger partial charge in [0.05, 0.1) is 17.2 Å². The van der Waals surface area contributed by atoms with Gasteiger partial charge in [-0.1, -0.05) is 12.1 Å². The maximum absolute atomic E-state index is 14.1. The van der Waals surface area contributed by atoms with Crippen LogP contribution in [-0.4, -0.2) is 93.7 Å². The number of ketones is 2. The topological polar surface area (TPSA) is 202 Å². The molecule has 7 N–H and O–H groups in total. The summed E-state index contributed by atoms with van der Waals surface area (Å²) in [4.78, 5) is 54.4. The van der Waals surface area contributed by atoms with Gasteiger partial charge in [-0.15, -0.1) is 0 Å². The standard InChI is InChI=1S/C30H31N3O9/c1-32(2)18-11-15(12-5-7-13(8-6-12)29(40)41)23(34)20-16(18)9-14-10-17-22(33(3)4)25(36)21(28(31)39)27(38)30(17,42)26(37)19(14)24(20)35/h5-8,11,14,17,22,34,36-37,42H,9-10H2,1-4H3,(H2,31,39)(H,40,41). The number of aromatic carboxylic acids is 1. The van der Waals surface area contributed by atoms with E-state index in [4.69, 9.17) is 5.73 Å².